The normalized spacial score (nSPS) is 19.1. The van der Waals surface area contributed by atoms with Crippen molar-refractivity contribution in [2.45, 2.75) is 64.6 Å². The van der Waals surface area contributed by atoms with E-state index >= 15 is 0 Å². The van der Waals surface area contributed by atoms with E-state index < -0.39 is 5.60 Å². The first-order valence-corrected chi connectivity index (χ1v) is 11.6. The molecule has 1 aromatic rings. The second-order valence-corrected chi connectivity index (χ2v) is 9.80. The maximum Gasteiger partial charge on any atom is 0.410 e. The number of hydrogen-bond acceptors (Lipinski definition) is 4. The van der Waals surface area contributed by atoms with Crippen molar-refractivity contribution in [2.75, 3.05) is 32.7 Å². The van der Waals surface area contributed by atoms with E-state index in [1.165, 1.54) is 5.56 Å². The molecular weight excluding hydrogens is 392 g/mol. The molecule has 2 heterocycles. The lowest BCUT2D eigenvalue weighted by Gasteiger charge is -2.34. The van der Waals surface area contributed by atoms with Crippen molar-refractivity contribution >= 4 is 12.1 Å². The fourth-order valence-electron chi connectivity index (χ4n) is 4.20. The number of carbonyl (C=O) groups excluding carboxylic acids is 2. The van der Waals surface area contributed by atoms with Crippen molar-refractivity contribution in [2.24, 2.45) is 5.92 Å². The molecule has 1 aromatic carbocycles. The molecule has 2 aliphatic heterocycles. The number of nitrogens with zero attached hydrogens (tertiary/aromatic N) is 2. The van der Waals surface area contributed by atoms with Gasteiger partial charge in [0, 0.05) is 45.3 Å². The van der Waals surface area contributed by atoms with E-state index in [4.69, 9.17) is 4.74 Å². The molecule has 0 radical (unpaired) electrons. The summed E-state index contributed by atoms with van der Waals surface area (Å²) in [6.07, 6.45) is 3.49. The quantitative estimate of drug-likeness (QED) is 0.749. The molecule has 2 fully saturated rings. The van der Waals surface area contributed by atoms with Crippen LogP contribution in [0.3, 0.4) is 0 Å². The highest BCUT2D eigenvalue weighted by atomic mass is 16.6. The average Bonchev–Trinajstić information content (AvgIpc) is 2.73. The van der Waals surface area contributed by atoms with Gasteiger partial charge in [-0.3, -0.25) is 4.90 Å². The summed E-state index contributed by atoms with van der Waals surface area (Å²) in [5, 5.41) is 6.17. The Labute approximate surface area is 186 Å². The van der Waals surface area contributed by atoms with Gasteiger partial charge in [-0.25, -0.2) is 9.59 Å². The van der Waals surface area contributed by atoms with E-state index in [9.17, 15) is 9.59 Å². The summed E-state index contributed by atoms with van der Waals surface area (Å²) in [4.78, 5) is 28.7. The Bertz CT molecular complexity index is 703. The standard InChI is InChI=1S/C24H38N4O3/c1-24(2,3)31-23(30)28-15-9-19(10-16-28)17-25-22(29)26-21-11-13-27(14-12-21)18-20-7-5-4-6-8-20/h4-8,19,21H,9-18H2,1-3H3,(H2,25,26,29). The van der Waals surface area contributed by atoms with Crippen molar-refractivity contribution in [1.82, 2.24) is 20.4 Å². The van der Waals surface area contributed by atoms with Crippen LogP contribution in [0.4, 0.5) is 9.59 Å². The smallest absolute Gasteiger partial charge is 0.410 e. The van der Waals surface area contributed by atoms with E-state index in [-0.39, 0.29) is 18.2 Å². The Hall–Kier alpha value is -2.28. The minimum atomic E-state index is -0.467. The number of benzene rings is 1. The predicted molar refractivity (Wildman–Crippen MR) is 122 cm³/mol. The van der Waals surface area contributed by atoms with Gasteiger partial charge < -0.3 is 20.3 Å². The Morgan fingerprint density at radius 2 is 1.65 bits per heavy atom. The SMILES string of the molecule is CC(C)(C)OC(=O)N1CCC(CNC(=O)NC2CCN(Cc3ccccc3)CC2)CC1. The molecular formula is C24H38N4O3. The van der Waals surface area contributed by atoms with E-state index in [0.717, 1.165) is 45.3 Å². The summed E-state index contributed by atoms with van der Waals surface area (Å²) >= 11 is 0. The fraction of sp³-hybridized carbons (Fsp3) is 0.667. The minimum absolute atomic E-state index is 0.0731. The molecule has 0 saturated carbocycles. The van der Waals surface area contributed by atoms with E-state index in [2.05, 4.69) is 39.8 Å². The summed E-state index contributed by atoms with van der Waals surface area (Å²) in [6.45, 7) is 10.6. The van der Waals surface area contributed by atoms with Gasteiger partial charge in [0.25, 0.3) is 0 Å². The lowest BCUT2D eigenvalue weighted by molar-refractivity contribution is 0.0184. The molecule has 0 aromatic heterocycles. The number of nitrogens with one attached hydrogen (secondary N) is 2. The molecule has 2 aliphatic rings. The molecule has 2 N–H and O–H groups in total. The molecule has 3 amide bonds. The molecule has 0 atom stereocenters. The second kappa shape index (κ2) is 10.8. The van der Waals surface area contributed by atoms with Gasteiger partial charge in [-0.1, -0.05) is 30.3 Å². The summed E-state index contributed by atoms with van der Waals surface area (Å²) in [5.74, 6) is 0.400. The zero-order chi connectivity index (χ0) is 22.3. The highest BCUT2D eigenvalue weighted by Gasteiger charge is 2.27. The lowest BCUT2D eigenvalue weighted by atomic mass is 9.97. The topological polar surface area (TPSA) is 73.9 Å². The van der Waals surface area contributed by atoms with Crippen molar-refractivity contribution in [3.63, 3.8) is 0 Å². The van der Waals surface area contributed by atoms with Crippen LogP contribution in [0.15, 0.2) is 30.3 Å². The van der Waals surface area contributed by atoms with Crippen LogP contribution in [-0.4, -0.2) is 66.3 Å². The first kappa shape index (κ1) is 23.4. The van der Waals surface area contributed by atoms with Crippen LogP contribution in [0.25, 0.3) is 0 Å². The number of amides is 3. The number of hydrogen-bond donors (Lipinski definition) is 2. The highest BCUT2D eigenvalue weighted by molar-refractivity contribution is 5.74. The first-order chi connectivity index (χ1) is 14.8. The first-order valence-electron chi connectivity index (χ1n) is 11.6. The van der Waals surface area contributed by atoms with E-state index in [1.807, 2.05) is 26.8 Å². The summed E-state index contributed by atoms with van der Waals surface area (Å²) < 4.78 is 5.44. The van der Waals surface area contributed by atoms with Gasteiger partial charge in [0.1, 0.15) is 5.60 Å². The molecule has 0 bridgehead atoms. The Morgan fingerprint density at radius 3 is 2.26 bits per heavy atom. The number of rotatable bonds is 5. The van der Waals surface area contributed by atoms with Crippen molar-refractivity contribution in [3.8, 4) is 0 Å². The van der Waals surface area contributed by atoms with Gasteiger partial charge in [0.05, 0.1) is 0 Å². The highest BCUT2D eigenvalue weighted by Crippen LogP contribution is 2.19. The van der Waals surface area contributed by atoms with Crippen molar-refractivity contribution in [3.05, 3.63) is 35.9 Å². The molecule has 2 saturated heterocycles. The number of likely N-dealkylation sites (tertiary alicyclic amines) is 2. The van der Waals surface area contributed by atoms with Crippen LogP contribution in [-0.2, 0) is 11.3 Å². The van der Waals surface area contributed by atoms with Crippen LogP contribution in [0.5, 0.6) is 0 Å². The summed E-state index contributed by atoms with van der Waals surface area (Å²) in [6, 6.07) is 10.7. The Balaban J connectivity index is 1.29. The third kappa shape index (κ3) is 8.05. The van der Waals surface area contributed by atoms with Crippen LogP contribution in [0.2, 0.25) is 0 Å². The molecule has 7 heteroatoms. The van der Waals surface area contributed by atoms with Crippen LogP contribution in [0.1, 0.15) is 52.0 Å². The van der Waals surface area contributed by atoms with Gasteiger partial charge in [0.15, 0.2) is 0 Å². The predicted octanol–water partition coefficient (Wildman–Crippen LogP) is 3.60. The largest absolute Gasteiger partial charge is 0.444 e. The van der Waals surface area contributed by atoms with E-state index in [0.29, 0.717) is 25.6 Å². The van der Waals surface area contributed by atoms with Gasteiger partial charge in [-0.15, -0.1) is 0 Å². The molecule has 31 heavy (non-hydrogen) atoms. The average molecular weight is 431 g/mol. The molecule has 0 unspecified atom stereocenters. The lowest BCUT2D eigenvalue weighted by Crippen LogP contribution is -2.49. The third-order valence-electron chi connectivity index (χ3n) is 5.99. The number of piperidine rings is 2. The van der Waals surface area contributed by atoms with Gasteiger partial charge in [0.2, 0.25) is 0 Å². The van der Waals surface area contributed by atoms with Crippen LogP contribution < -0.4 is 10.6 Å². The Kier molecular flexibility index (Phi) is 8.18. The molecule has 0 spiro atoms. The molecule has 172 valence electrons. The minimum Gasteiger partial charge on any atom is -0.444 e. The van der Waals surface area contributed by atoms with Gasteiger partial charge in [-0.05, 0) is 57.9 Å². The fourth-order valence-corrected chi connectivity index (χ4v) is 4.20. The van der Waals surface area contributed by atoms with Crippen molar-refractivity contribution in [1.29, 1.82) is 0 Å². The van der Waals surface area contributed by atoms with Gasteiger partial charge in [-0.2, -0.15) is 0 Å². The molecule has 7 nitrogen and oxygen atoms in total. The van der Waals surface area contributed by atoms with Crippen LogP contribution >= 0.6 is 0 Å². The molecule has 3 rings (SSSR count). The van der Waals surface area contributed by atoms with E-state index in [1.54, 1.807) is 4.90 Å². The maximum absolute atomic E-state index is 12.3. The monoisotopic (exact) mass is 430 g/mol. The summed E-state index contributed by atoms with van der Waals surface area (Å²) in [5.41, 5.74) is 0.870. The third-order valence-corrected chi connectivity index (χ3v) is 5.99. The zero-order valence-electron chi connectivity index (χ0n) is 19.2. The second-order valence-electron chi connectivity index (χ2n) is 9.80. The van der Waals surface area contributed by atoms with Crippen LogP contribution in [0, 0.1) is 5.92 Å². The zero-order valence-corrected chi connectivity index (χ0v) is 19.2. The summed E-state index contributed by atoms with van der Waals surface area (Å²) in [7, 11) is 0. The van der Waals surface area contributed by atoms with Crippen molar-refractivity contribution < 1.29 is 14.3 Å². The Morgan fingerprint density at radius 1 is 1.00 bits per heavy atom. The number of carbonyl (C=O) groups is 2. The number of urea groups is 1. The number of ether oxygens (including phenoxy) is 1. The molecule has 0 aliphatic carbocycles. The maximum atomic E-state index is 12.3. The van der Waals surface area contributed by atoms with Gasteiger partial charge >= 0.3 is 12.1 Å².